The smallest absolute Gasteiger partial charge is 0.326 e. The molecule has 0 amide bonds. The Balaban J connectivity index is 2.68. The molecule has 0 aliphatic rings. The van der Waals surface area contributed by atoms with Gasteiger partial charge in [-0.2, -0.15) is 5.26 Å². The number of ether oxygens (including phenoxy) is 1. The number of rotatable bonds is 3. The van der Waals surface area contributed by atoms with E-state index in [1.807, 2.05) is 6.07 Å². The summed E-state index contributed by atoms with van der Waals surface area (Å²) in [5, 5.41) is 8.72. The van der Waals surface area contributed by atoms with Gasteiger partial charge in [0, 0.05) is 7.05 Å². The minimum absolute atomic E-state index is 0.0564. The molecule has 1 rings (SSSR count). The van der Waals surface area contributed by atoms with Crippen LogP contribution in [-0.2, 0) is 9.53 Å². The van der Waals surface area contributed by atoms with Crippen LogP contribution in [0.1, 0.15) is 26.5 Å². The first-order chi connectivity index (χ1) is 8.31. The molecular weight excluding hydrogens is 232 g/mol. The van der Waals surface area contributed by atoms with Gasteiger partial charge in [0.05, 0.1) is 12.4 Å². The minimum atomic E-state index is -0.516. The van der Waals surface area contributed by atoms with Crippen LogP contribution < -0.4 is 4.90 Å². The van der Waals surface area contributed by atoms with Gasteiger partial charge in [-0.15, -0.1) is 0 Å². The summed E-state index contributed by atoms with van der Waals surface area (Å²) in [6.45, 7) is 5.48. The van der Waals surface area contributed by atoms with E-state index in [1.54, 1.807) is 32.7 Å². The van der Waals surface area contributed by atoms with Gasteiger partial charge >= 0.3 is 5.97 Å². The Morgan fingerprint density at radius 3 is 2.72 bits per heavy atom. The molecule has 0 aliphatic heterocycles. The highest BCUT2D eigenvalue weighted by molar-refractivity contribution is 5.75. The second-order valence-corrected chi connectivity index (χ2v) is 4.82. The summed E-state index contributed by atoms with van der Waals surface area (Å²) in [7, 11) is 1.69. The molecule has 6 heteroatoms. The molecule has 0 unspecified atom stereocenters. The minimum Gasteiger partial charge on any atom is -0.459 e. The maximum absolute atomic E-state index is 11.6. The van der Waals surface area contributed by atoms with E-state index in [4.69, 9.17) is 10.00 Å². The van der Waals surface area contributed by atoms with E-state index < -0.39 is 5.60 Å². The first-order valence-electron chi connectivity index (χ1n) is 5.47. The summed E-state index contributed by atoms with van der Waals surface area (Å²) >= 11 is 0. The largest absolute Gasteiger partial charge is 0.459 e. The van der Waals surface area contributed by atoms with Crippen molar-refractivity contribution in [1.82, 2.24) is 9.97 Å². The molecule has 0 saturated carbocycles. The van der Waals surface area contributed by atoms with Crippen molar-refractivity contribution in [2.75, 3.05) is 18.5 Å². The average molecular weight is 248 g/mol. The van der Waals surface area contributed by atoms with E-state index in [1.165, 1.54) is 12.4 Å². The monoisotopic (exact) mass is 248 g/mol. The van der Waals surface area contributed by atoms with E-state index in [2.05, 4.69) is 9.97 Å². The predicted octanol–water partition coefficient (Wildman–Crippen LogP) is 1.13. The Morgan fingerprint density at radius 2 is 2.17 bits per heavy atom. The van der Waals surface area contributed by atoms with Crippen LogP contribution >= 0.6 is 0 Å². The highest BCUT2D eigenvalue weighted by atomic mass is 16.6. The Kier molecular flexibility index (Phi) is 4.21. The molecule has 1 aromatic rings. The first kappa shape index (κ1) is 13.9. The highest BCUT2D eigenvalue weighted by Gasteiger charge is 2.18. The number of esters is 1. The molecule has 96 valence electrons. The molecule has 0 aromatic carbocycles. The number of likely N-dealkylation sites (N-methyl/N-ethyl adjacent to an activating group) is 1. The fourth-order valence-corrected chi connectivity index (χ4v) is 1.24. The third-order valence-corrected chi connectivity index (χ3v) is 1.91. The van der Waals surface area contributed by atoms with Crippen LogP contribution in [0.2, 0.25) is 0 Å². The van der Waals surface area contributed by atoms with Gasteiger partial charge < -0.3 is 9.64 Å². The summed E-state index contributed by atoms with van der Waals surface area (Å²) in [4.78, 5) is 21.1. The van der Waals surface area contributed by atoms with Gasteiger partial charge in [0.2, 0.25) is 0 Å². The molecule has 0 bridgehead atoms. The van der Waals surface area contributed by atoms with Crippen molar-refractivity contribution in [2.45, 2.75) is 26.4 Å². The highest BCUT2D eigenvalue weighted by Crippen LogP contribution is 2.10. The predicted molar refractivity (Wildman–Crippen MR) is 65.9 cm³/mol. The number of hydrogen-bond donors (Lipinski definition) is 0. The molecule has 0 spiro atoms. The lowest BCUT2D eigenvalue weighted by Crippen LogP contribution is -2.33. The molecule has 0 fully saturated rings. The lowest BCUT2D eigenvalue weighted by atomic mass is 10.2. The molecule has 0 saturated heterocycles. The summed E-state index contributed by atoms with van der Waals surface area (Å²) in [6.07, 6.45) is 2.86. The van der Waals surface area contributed by atoms with Crippen LogP contribution in [0.15, 0.2) is 12.4 Å². The Hall–Kier alpha value is -2.16. The second kappa shape index (κ2) is 5.45. The van der Waals surface area contributed by atoms with Crippen LogP contribution in [0.4, 0.5) is 5.82 Å². The van der Waals surface area contributed by atoms with Gasteiger partial charge in [-0.05, 0) is 20.8 Å². The Bertz CT molecular complexity index is 474. The quantitative estimate of drug-likeness (QED) is 0.746. The normalized spacial score (nSPS) is 10.6. The molecule has 0 N–H and O–H groups in total. The van der Waals surface area contributed by atoms with E-state index in [-0.39, 0.29) is 18.2 Å². The standard InChI is InChI=1S/C12H16N4O2/c1-12(2,3)18-11(17)8-16(4)10-7-14-6-9(5-13)15-10/h6-7H,8H2,1-4H3. The SMILES string of the molecule is CN(CC(=O)OC(C)(C)C)c1cncc(C#N)n1. The number of carbonyl (C=O) groups excluding carboxylic acids is 1. The van der Waals surface area contributed by atoms with Gasteiger partial charge in [-0.3, -0.25) is 9.78 Å². The molecule has 1 heterocycles. The van der Waals surface area contributed by atoms with Crippen LogP contribution in [-0.4, -0.2) is 35.1 Å². The maximum Gasteiger partial charge on any atom is 0.326 e. The topological polar surface area (TPSA) is 79.1 Å². The third-order valence-electron chi connectivity index (χ3n) is 1.91. The van der Waals surface area contributed by atoms with E-state index in [0.29, 0.717) is 5.82 Å². The molecule has 0 atom stereocenters. The lowest BCUT2D eigenvalue weighted by molar-refractivity contribution is -0.152. The van der Waals surface area contributed by atoms with E-state index >= 15 is 0 Å². The number of hydrogen-bond acceptors (Lipinski definition) is 6. The molecule has 18 heavy (non-hydrogen) atoms. The number of nitrogens with zero attached hydrogens (tertiary/aromatic N) is 4. The molecule has 0 aliphatic carbocycles. The van der Waals surface area contributed by atoms with Gasteiger partial charge in [0.1, 0.15) is 24.0 Å². The second-order valence-electron chi connectivity index (χ2n) is 4.82. The van der Waals surface area contributed by atoms with E-state index in [9.17, 15) is 4.79 Å². The van der Waals surface area contributed by atoms with Crippen molar-refractivity contribution in [3.63, 3.8) is 0 Å². The maximum atomic E-state index is 11.6. The van der Waals surface area contributed by atoms with Gasteiger partial charge in [-0.25, -0.2) is 4.98 Å². The first-order valence-corrected chi connectivity index (χ1v) is 5.47. The Morgan fingerprint density at radius 1 is 1.50 bits per heavy atom. The lowest BCUT2D eigenvalue weighted by Gasteiger charge is -2.22. The molecular formula is C12H16N4O2. The summed E-state index contributed by atoms with van der Waals surface area (Å²) in [5.41, 5.74) is -0.304. The fraction of sp³-hybridized carbons (Fsp3) is 0.500. The van der Waals surface area contributed by atoms with Crippen molar-refractivity contribution >= 4 is 11.8 Å². The van der Waals surface area contributed by atoms with Crippen molar-refractivity contribution in [1.29, 1.82) is 5.26 Å². The van der Waals surface area contributed by atoms with Crippen molar-refractivity contribution in [3.8, 4) is 6.07 Å². The van der Waals surface area contributed by atoms with Crippen molar-refractivity contribution < 1.29 is 9.53 Å². The zero-order valence-electron chi connectivity index (χ0n) is 11.0. The molecule has 0 radical (unpaired) electrons. The number of nitriles is 1. The average Bonchev–Trinajstić information content (AvgIpc) is 2.26. The Labute approximate surface area is 106 Å². The van der Waals surface area contributed by atoms with Crippen LogP contribution in [0.25, 0.3) is 0 Å². The van der Waals surface area contributed by atoms with Crippen molar-refractivity contribution in [3.05, 3.63) is 18.1 Å². The fourth-order valence-electron chi connectivity index (χ4n) is 1.24. The zero-order valence-corrected chi connectivity index (χ0v) is 11.0. The number of carbonyl (C=O) groups is 1. The van der Waals surface area contributed by atoms with Crippen LogP contribution in [0.5, 0.6) is 0 Å². The summed E-state index contributed by atoms with van der Waals surface area (Å²) in [6, 6.07) is 1.90. The molecule has 6 nitrogen and oxygen atoms in total. The number of aromatic nitrogens is 2. The van der Waals surface area contributed by atoms with Gasteiger partial charge in [0.25, 0.3) is 0 Å². The summed E-state index contributed by atoms with van der Waals surface area (Å²) < 4.78 is 5.19. The van der Waals surface area contributed by atoms with Gasteiger partial charge in [0.15, 0.2) is 5.69 Å². The van der Waals surface area contributed by atoms with Crippen LogP contribution in [0, 0.1) is 11.3 Å². The van der Waals surface area contributed by atoms with E-state index in [0.717, 1.165) is 0 Å². The summed E-state index contributed by atoms with van der Waals surface area (Å²) in [5.74, 6) is 0.106. The molecule has 1 aromatic heterocycles. The number of anilines is 1. The van der Waals surface area contributed by atoms with Gasteiger partial charge in [-0.1, -0.05) is 0 Å². The zero-order chi connectivity index (χ0) is 13.8. The third kappa shape index (κ3) is 4.37. The van der Waals surface area contributed by atoms with Crippen LogP contribution in [0.3, 0.4) is 0 Å². The van der Waals surface area contributed by atoms with Crippen molar-refractivity contribution in [2.24, 2.45) is 0 Å².